The summed E-state index contributed by atoms with van der Waals surface area (Å²) in [4.78, 5) is 4.27. The van der Waals surface area contributed by atoms with E-state index in [2.05, 4.69) is 11.1 Å². The molecule has 3 aromatic rings. The van der Waals surface area contributed by atoms with Crippen molar-refractivity contribution in [1.29, 1.82) is 0 Å². The second-order valence-electron chi connectivity index (χ2n) is 4.48. The first-order valence-electron chi connectivity index (χ1n) is 5.88. The molecule has 1 aromatic heterocycles. The Labute approximate surface area is 103 Å². The van der Waals surface area contributed by atoms with Gasteiger partial charge in [0.1, 0.15) is 12.1 Å². The molecular formula is C14H11NO3. The first kappa shape index (κ1) is 10.1. The summed E-state index contributed by atoms with van der Waals surface area (Å²) in [7, 11) is 0. The molecule has 1 aliphatic heterocycles. The van der Waals surface area contributed by atoms with Crippen LogP contribution in [-0.2, 0) is 24.6 Å². The van der Waals surface area contributed by atoms with Crippen LogP contribution in [-0.4, -0.2) is 10.1 Å². The second kappa shape index (κ2) is 3.54. The van der Waals surface area contributed by atoms with Gasteiger partial charge in [0.05, 0.1) is 13.2 Å². The van der Waals surface area contributed by atoms with Crippen LogP contribution in [0.15, 0.2) is 28.7 Å². The quantitative estimate of drug-likeness (QED) is 0.711. The van der Waals surface area contributed by atoms with Crippen LogP contribution in [0.4, 0.5) is 0 Å². The van der Waals surface area contributed by atoms with E-state index in [1.54, 1.807) is 0 Å². The minimum Gasteiger partial charge on any atom is -0.438 e. The Morgan fingerprint density at radius 2 is 2.11 bits per heavy atom. The van der Waals surface area contributed by atoms with E-state index in [-0.39, 0.29) is 6.61 Å². The zero-order valence-corrected chi connectivity index (χ0v) is 9.64. The van der Waals surface area contributed by atoms with Gasteiger partial charge in [0.25, 0.3) is 0 Å². The number of aliphatic hydroxyl groups is 1. The van der Waals surface area contributed by atoms with E-state index in [4.69, 9.17) is 14.3 Å². The fourth-order valence-corrected chi connectivity index (χ4v) is 2.65. The normalized spacial score (nSPS) is 14.5. The monoisotopic (exact) mass is 241 g/mol. The smallest absolute Gasteiger partial charge is 0.221 e. The number of benzene rings is 2. The van der Waals surface area contributed by atoms with E-state index in [1.165, 1.54) is 10.9 Å². The molecule has 0 aliphatic carbocycles. The molecule has 1 aliphatic rings. The maximum absolute atomic E-state index is 9.12. The summed E-state index contributed by atoms with van der Waals surface area (Å²) in [5, 5.41) is 11.4. The van der Waals surface area contributed by atoms with E-state index in [9.17, 15) is 0 Å². The number of fused-ring (bicyclic) bond motifs is 2. The number of hydrogen-bond acceptors (Lipinski definition) is 4. The lowest BCUT2D eigenvalue weighted by molar-refractivity contribution is 0.103. The summed E-state index contributed by atoms with van der Waals surface area (Å²) in [6.45, 7) is 1.06. The van der Waals surface area contributed by atoms with E-state index < -0.39 is 0 Å². The van der Waals surface area contributed by atoms with Crippen LogP contribution in [0.3, 0.4) is 0 Å². The fraction of sp³-hybridized carbons (Fsp3) is 0.214. The predicted molar refractivity (Wildman–Crippen MR) is 65.9 cm³/mol. The Hall–Kier alpha value is -1.91. The van der Waals surface area contributed by atoms with Gasteiger partial charge in [0, 0.05) is 5.39 Å². The van der Waals surface area contributed by atoms with Gasteiger partial charge in [-0.05, 0) is 22.6 Å². The van der Waals surface area contributed by atoms with Gasteiger partial charge >= 0.3 is 0 Å². The van der Waals surface area contributed by atoms with Crippen molar-refractivity contribution in [3.63, 3.8) is 0 Å². The maximum Gasteiger partial charge on any atom is 0.221 e. The minimum atomic E-state index is -0.179. The Morgan fingerprint density at radius 1 is 1.22 bits per heavy atom. The number of rotatable bonds is 1. The molecule has 4 rings (SSSR count). The molecule has 0 fully saturated rings. The van der Waals surface area contributed by atoms with Crippen LogP contribution in [0.25, 0.3) is 21.9 Å². The molecule has 0 saturated carbocycles. The van der Waals surface area contributed by atoms with E-state index in [0.717, 1.165) is 22.0 Å². The SMILES string of the molecule is OCc1nc2cc3c4c(cccc4c2o1)COC3. The summed E-state index contributed by atoms with van der Waals surface area (Å²) in [6.07, 6.45) is 0. The molecule has 2 aromatic carbocycles. The van der Waals surface area contributed by atoms with Crippen molar-refractivity contribution < 1.29 is 14.3 Å². The molecular weight excluding hydrogens is 230 g/mol. The third-order valence-electron chi connectivity index (χ3n) is 3.38. The van der Waals surface area contributed by atoms with Crippen LogP contribution in [0.5, 0.6) is 0 Å². The van der Waals surface area contributed by atoms with Gasteiger partial charge in [-0.15, -0.1) is 0 Å². The second-order valence-corrected chi connectivity index (χ2v) is 4.48. The highest BCUT2D eigenvalue weighted by Crippen LogP contribution is 2.34. The number of aliphatic hydroxyl groups excluding tert-OH is 1. The zero-order chi connectivity index (χ0) is 12.1. The summed E-state index contributed by atoms with van der Waals surface area (Å²) in [6, 6.07) is 8.09. The molecule has 0 atom stereocenters. The van der Waals surface area contributed by atoms with Crippen LogP contribution >= 0.6 is 0 Å². The van der Waals surface area contributed by atoms with E-state index >= 15 is 0 Å². The largest absolute Gasteiger partial charge is 0.438 e. The van der Waals surface area contributed by atoms with Gasteiger partial charge in [-0.3, -0.25) is 0 Å². The number of hydrogen-bond donors (Lipinski definition) is 1. The van der Waals surface area contributed by atoms with E-state index in [0.29, 0.717) is 19.1 Å². The highest BCUT2D eigenvalue weighted by Gasteiger charge is 2.18. The lowest BCUT2D eigenvalue weighted by atomic mass is 9.97. The summed E-state index contributed by atoms with van der Waals surface area (Å²) < 4.78 is 11.2. The number of nitrogens with zero attached hydrogens (tertiary/aromatic N) is 1. The average molecular weight is 241 g/mol. The van der Waals surface area contributed by atoms with Crippen molar-refractivity contribution in [2.45, 2.75) is 19.8 Å². The van der Waals surface area contributed by atoms with Crippen LogP contribution in [0, 0.1) is 0 Å². The standard InChI is InChI=1S/C14H11NO3/c16-5-12-15-11-4-9-7-17-6-8-2-1-3-10(13(8)9)14(11)18-12/h1-4,16H,5-7H2. The molecule has 2 heterocycles. The van der Waals surface area contributed by atoms with Gasteiger partial charge in [0.15, 0.2) is 5.58 Å². The van der Waals surface area contributed by atoms with Gasteiger partial charge in [-0.2, -0.15) is 0 Å². The number of oxazole rings is 1. The molecule has 0 bridgehead atoms. The fourth-order valence-electron chi connectivity index (χ4n) is 2.65. The van der Waals surface area contributed by atoms with Crippen molar-refractivity contribution in [3.8, 4) is 0 Å². The molecule has 0 amide bonds. The third-order valence-corrected chi connectivity index (χ3v) is 3.38. The molecule has 0 spiro atoms. The Bertz CT molecular complexity index is 760. The van der Waals surface area contributed by atoms with Crippen molar-refractivity contribution in [2.75, 3.05) is 0 Å². The van der Waals surface area contributed by atoms with Gasteiger partial charge < -0.3 is 14.3 Å². The first-order chi connectivity index (χ1) is 8.86. The molecule has 18 heavy (non-hydrogen) atoms. The molecule has 4 heteroatoms. The first-order valence-corrected chi connectivity index (χ1v) is 5.88. The third kappa shape index (κ3) is 1.24. The highest BCUT2D eigenvalue weighted by atomic mass is 16.5. The summed E-state index contributed by atoms with van der Waals surface area (Å²) in [5.74, 6) is 0.356. The van der Waals surface area contributed by atoms with Gasteiger partial charge in [0.2, 0.25) is 5.89 Å². The van der Waals surface area contributed by atoms with Crippen molar-refractivity contribution in [2.24, 2.45) is 0 Å². The average Bonchev–Trinajstić information content (AvgIpc) is 2.83. The Morgan fingerprint density at radius 3 is 3.00 bits per heavy atom. The molecule has 1 N–H and O–H groups in total. The van der Waals surface area contributed by atoms with Crippen molar-refractivity contribution in [3.05, 3.63) is 41.3 Å². The maximum atomic E-state index is 9.12. The van der Waals surface area contributed by atoms with Crippen molar-refractivity contribution in [1.82, 2.24) is 4.98 Å². The van der Waals surface area contributed by atoms with Gasteiger partial charge in [-0.1, -0.05) is 18.2 Å². The van der Waals surface area contributed by atoms with Crippen LogP contribution in [0.1, 0.15) is 17.0 Å². The topological polar surface area (TPSA) is 55.5 Å². The Balaban J connectivity index is 2.21. The van der Waals surface area contributed by atoms with Crippen LogP contribution in [0.2, 0.25) is 0 Å². The lowest BCUT2D eigenvalue weighted by Crippen LogP contribution is -2.03. The molecule has 90 valence electrons. The molecule has 4 nitrogen and oxygen atoms in total. The Kier molecular flexibility index (Phi) is 1.98. The lowest BCUT2D eigenvalue weighted by Gasteiger charge is -2.17. The highest BCUT2D eigenvalue weighted by molar-refractivity contribution is 6.06. The summed E-state index contributed by atoms with van der Waals surface area (Å²) >= 11 is 0. The predicted octanol–water partition coefficient (Wildman–Crippen LogP) is 2.50. The zero-order valence-electron chi connectivity index (χ0n) is 9.64. The number of ether oxygens (including phenoxy) is 1. The van der Waals surface area contributed by atoms with Gasteiger partial charge in [-0.25, -0.2) is 4.98 Å². The number of aromatic nitrogens is 1. The minimum absolute atomic E-state index is 0.179. The molecule has 0 saturated heterocycles. The van der Waals surface area contributed by atoms with Crippen LogP contribution < -0.4 is 0 Å². The van der Waals surface area contributed by atoms with E-state index in [1.807, 2.05) is 18.2 Å². The van der Waals surface area contributed by atoms with Crippen molar-refractivity contribution >= 4 is 21.9 Å². The summed E-state index contributed by atoms with van der Waals surface area (Å²) in [5.41, 5.74) is 3.85. The molecule has 0 radical (unpaired) electrons. The molecule has 0 unspecified atom stereocenters.